The molecular formula is C9H7N3O3. The molecule has 0 fully saturated rings. The number of carbonyl (C=O) groups excluding carboxylic acids is 1. The fraction of sp³-hybridized carbons (Fsp3) is 0.111. The molecule has 0 aliphatic rings. The number of carbonyl (C=O) groups is 1. The van der Waals surface area contributed by atoms with Crippen molar-refractivity contribution in [3.05, 3.63) is 34.1 Å². The van der Waals surface area contributed by atoms with Gasteiger partial charge in [-0.05, 0) is 6.07 Å². The van der Waals surface area contributed by atoms with E-state index in [0.717, 1.165) is 0 Å². The standard InChI is InChI=1S/C9H7N3O3/c1-11-8-3-2-6(12(14)15)4-7(8)10-9(11)5-13/h2-5H,1H3. The highest BCUT2D eigenvalue weighted by Gasteiger charge is 2.11. The molecule has 1 aromatic carbocycles. The van der Waals surface area contributed by atoms with Crippen LogP contribution >= 0.6 is 0 Å². The van der Waals surface area contributed by atoms with Crippen molar-refractivity contribution in [3.63, 3.8) is 0 Å². The van der Waals surface area contributed by atoms with Crippen LogP contribution in [0.5, 0.6) is 0 Å². The second-order valence-electron chi connectivity index (χ2n) is 3.08. The summed E-state index contributed by atoms with van der Waals surface area (Å²) in [4.78, 5) is 24.6. The summed E-state index contributed by atoms with van der Waals surface area (Å²) in [6, 6.07) is 4.31. The van der Waals surface area contributed by atoms with Gasteiger partial charge in [-0.1, -0.05) is 0 Å². The predicted molar refractivity (Wildman–Crippen MR) is 52.8 cm³/mol. The molecule has 0 unspecified atom stereocenters. The van der Waals surface area contributed by atoms with Crippen molar-refractivity contribution >= 4 is 23.0 Å². The van der Waals surface area contributed by atoms with Crippen molar-refractivity contribution in [1.29, 1.82) is 0 Å². The van der Waals surface area contributed by atoms with Crippen LogP contribution in [0.3, 0.4) is 0 Å². The summed E-state index contributed by atoms with van der Waals surface area (Å²) >= 11 is 0. The van der Waals surface area contributed by atoms with Crippen LogP contribution < -0.4 is 0 Å². The van der Waals surface area contributed by atoms with Gasteiger partial charge >= 0.3 is 0 Å². The molecule has 0 atom stereocenters. The highest BCUT2D eigenvalue weighted by atomic mass is 16.6. The van der Waals surface area contributed by atoms with E-state index in [-0.39, 0.29) is 11.5 Å². The van der Waals surface area contributed by atoms with E-state index in [4.69, 9.17) is 0 Å². The third kappa shape index (κ3) is 1.35. The Kier molecular flexibility index (Phi) is 1.96. The van der Waals surface area contributed by atoms with Gasteiger partial charge < -0.3 is 4.57 Å². The lowest BCUT2D eigenvalue weighted by atomic mass is 10.3. The van der Waals surface area contributed by atoms with Gasteiger partial charge in [-0.25, -0.2) is 4.98 Å². The van der Waals surface area contributed by atoms with Crippen molar-refractivity contribution < 1.29 is 9.72 Å². The number of benzene rings is 1. The maximum Gasteiger partial charge on any atom is 0.271 e. The monoisotopic (exact) mass is 205 g/mol. The van der Waals surface area contributed by atoms with Crippen molar-refractivity contribution in [2.45, 2.75) is 0 Å². The van der Waals surface area contributed by atoms with E-state index >= 15 is 0 Å². The number of fused-ring (bicyclic) bond motifs is 1. The maximum absolute atomic E-state index is 10.6. The fourth-order valence-electron chi connectivity index (χ4n) is 1.43. The van der Waals surface area contributed by atoms with Crippen LogP contribution in [0.25, 0.3) is 11.0 Å². The fourth-order valence-corrected chi connectivity index (χ4v) is 1.43. The average Bonchev–Trinajstić information content (AvgIpc) is 2.55. The van der Waals surface area contributed by atoms with Crippen molar-refractivity contribution in [3.8, 4) is 0 Å². The number of aryl methyl sites for hydroxylation is 1. The molecule has 1 aromatic heterocycles. The first kappa shape index (κ1) is 9.32. The van der Waals surface area contributed by atoms with Crippen LogP contribution in [0, 0.1) is 10.1 Å². The maximum atomic E-state index is 10.6. The summed E-state index contributed by atoms with van der Waals surface area (Å²) in [6.45, 7) is 0. The minimum Gasteiger partial charge on any atom is -0.325 e. The number of nitro benzene ring substituents is 1. The molecule has 15 heavy (non-hydrogen) atoms. The van der Waals surface area contributed by atoms with Crippen LogP contribution in [0.1, 0.15) is 10.6 Å². The molecule has 0 aliphatic heterocycles. The van der Waals surface area contributed by atoms with Crippen LogP contribution in [0.2, 0.25) is 0 Å². The summed E-state index contributed by atoms with van der Waals surface area (Å²) in [5, 5.41) is 10.5. The molecule has 0 radical (unpaired) electrons. The number of non-ortho nitro benzene ring substituents is 1. The Morgan fingerprint density at radius 1 is 1.53 bits per heavy atom. The average molecular weight is 205 g/mol. The first-order valence-electron chi connectivity index (χ1n) is 4.19. The molecule has 6 nitrogen and oxygen atoms in total. The minimum absolute atomic E-state index is 0.0296. The molecule has 0 N–H and O–H groups in total. The molecule has 0 aliphatic carbocycles. The van der Waals surface area contributed by atoms with Gasteiger partial charge in [-0.3, -0.25) is 14.9 Å². The van der Waals surface area contributed by atoms with E-state index in [1.807, 2.05) is 0 Å². The molecule has 0 saturated heterocycles. The highest BCUT2D eigenvalue weighted by molar-refractivity contribution is 5.84. The zero-order chi connectivity index (χ0) is 11.0. The lowest BCUT2D eigenvalue weighted by Gasteiger charge is -1.94. The van der Waals surface area contributed by atoms with Gasteiger partial charge in [0, 0.05) is 19.2 Å². The smallest absolute Gasteiger partial charge is 0.271 e. The largest absolute Gasteiger partial charge is 0.325 e. The van der Waals surface area contributed by atoms with Crippen LogP contribution in [-0.2, 0) is 7.05 Å². The Morgan fingerprint density at radius 3 is 2.87 bits per heavy atom. The zero-order valence-corrected chi connectivity index (χ0v) is 7.88. The number of hydrogen-bond donors (Lipinski definition) is 0. The summed E-state index contributed by atoms with van der Waals surface area (Å²) in [7, 11) is 1.69. The molecule has 0 saturated carbocycles. The van der Waals surface area contributed by atoms with Crippen LogP contribution in [-0.4, -0.2) is 20.8 Å². The van der Waals surface area contributed by atoms with Gasteiger partial charge in [-0.2, -0.15) is 0 Å². The van der Waals surface area contributed by atoms with E-state index in [0.29, 0.717) is 17.3 Å². The first-order valence-corrected chi connectivity index (χ1v) is 4.19. The Labute approximate surface area is 84.3 Å². The normalized spacial score (nSPS) is 10.5. The summed E-state index contributed by atoms with van der Waals surface area (Å²) in [5.41, 5.74) is 1.12. The van der Waals surface area contributed by atoms with Crippen LogP contribution in [0.4, 0.5) is 5.69 Å². The van der Waals surface area contributed by atoms with E-state index in [1.165, 1.54) is 12.1 Å². The number of aromatic nitrogens is 2. The number of nitro groups is 1. The number of hydrogen-bond acceptors (Lipinski definition) is 4. The van der Waals surface area contributed by atoms with Gasteiger partial charge in [0.25, 0.3) is 5.69 Å². The quantitative estimate of drug-likeness (QED) is 0.420. The molecule has 2 rings (SSSR count). The molecule has 76 valence electrons. The number of nitrogens with zero attached hydrogens (tertiary/aromatic N) is 3. The Bertz CT molecular complexity index is 559. The Morgan fingerprint density at radius 2 is 2.27 bits per heavy atom. The third-order valence-corrected chi connectivity index (χ3v) is 2.22. The molecular weight excluding hydrogens is 198 g/mol. The molecule has 0 bridgehead atoms. The van der Waals surface area contributed by atoms with Gasteiger partial charge in [0.1, 0.15) is 0 Å². The first-order chi connectivity index (χ1) is 7.13. The molecule has 2 aromatic rings. The number of aldehydes is 1. The van der Waals surface area contributed by atoms with E-state index in [9.17, 15) is 14.9 Å². The molecule has 1 heterocycles. The second kappa shape index (κ2) is 3.16. The molecule has 6 heteroatoms. The Balaban J connectivity index is 2.73. The molecule has 0 amide bonds. The van der Waals surface area contributed by atoms with E-state index in [2.05, 4.69) is 4.98 Å². The third-order valence-electron chi connectivity index (χ3n) is 2.22. The van der Waals surface area contributed by atoms with Gasteiger partial charge in [0.2, 0.25) is 0 Å². The second-order valence-corrected chi connectivity index (χ2v) is 3.08. The topological polar surface area (TPSA) is 78.0 Å². The lowest BCUT2D eigenvalue weighted by molar-refractivity contribution is -0.384. The van der Waals surface area contributed by atoms with Gasteiger partial charge in [0.05, 0.1) is 16.0 Å². The van der Waals surface area contributed by atoms with Crippen molar-refractivity contribution in [2.24, 2.45) is 7.05 Å². The lowest BCUT2D eigenvalue weighted by Crippen LogP contribution is -1.94. The SMILES string of the molecule is Cn1c(C=O)nc2cc([N+](=O)[O-])ccc21. The van der Waals surface area contributed by atoms with E-state index < -0.39 is 4.92 Å². The van der Waals surface area contributed by atoms with Gasteiger partial charge in [-0.15, -0.1) is 0 Å². The van der Waals surface area contributed by atoms with Crippen LogP contribution in [0.15, 0.2) is 18.2 Å². The van der Waals surface area contributed by atoms with Crippen molar-refractivity contribution in [2.75, 3.05) is 0 Å². The zero-order valence-electron chi connectivity index (χ0n) is 7.88. The summed E-state index contributed by atoms with van der Waals surface area (Å²) in [6.07, 6.45) is 0.617. The minimum atomic E-state index is -0.491. The predicted octanol–water partition coefficient (Wildman–Crippen LogP) is 1.29. The molecule has 0 spiro atoms. The number of imidazole rings is 1. The van der Waals surface area contributed by atoms with Gasteiger partial charge in [0.15, 0.2) is 12.1 Å². The van der Waals surface area contributed by atoms with Crippen molar-refractivity contribution in [1.82, 2.24) is 9.55 Å². The Hall–Kier alpha value is -2.24. The number of rotatable bonds is 2. The highest BCUT2D eigenvalue weighted by Crippen LogP contribution is 2.20. The summed E-state index contributed by atoms with van der Waals surface area (Å²) < 4.78 is 1.59. The summed E-state index contributed by atoms with van der Waals surface area (Å²) in [5.74, 6) is 0.255. The van der Waals surface area contributed by atoms with E-state index in [1.54, 1.807) is 17.7 Å².